The van der Waals surface area contributed by atoms with Crippen molar-refractivity contribution in [2.24, 2.45) is 0 Å². The van der Waals surface area contributed by atoms with Gasteiger partial charge in [-0.3, -0.25) is 4.79 Å². The van der Waals surface area contributed by atoms with Crippen molar-refractivity contribution in [3.05, 3.63) is 59.2 Å². The van der Waals surface area contributed by atoms with Crippen molar-refractivity contribution in [2.45, 2.75) is 52.9 Å². The van der Waals surface area contributed by atoms with E-state index in [1.54, 1.807) is 24.3 Å². The van der Waals surface area contributed by atoms with Gasteiger partial charge in [0, 0.05) is 5.69 Å². The summed E-state index contributed by atoms with van der Waals surface area (Å²) in [6.45, 7) is 10.7. The van der Waals surface area contributed by atoms with Crippen LogP contribution < -0.4 is 10.1 Å². The first-order valence-electron chi connectivity index (χ1n) is 10.0. The minimum absolute atomic E-state index is 0.0823. The number of hydrogen-bond acceptors (Lipinski definition) is 4. The summed E-state index contributed by atoms with van der Waals surface area (Å²) in [6, 6.07) is 12.7. The molecule has 1 amide bonds. The van der Waals surface area contributed by atoms with Crippen molar-refractivity contribution < 1.29 is 19.1 Å². The number of unbranched alkanes of at least 4 members (excludes halogenated alkanes) is 1. The highest BCUT2D eigenvalue weighted by atomic mass is 16.5. The molecular formula is C24H31NO4. The lowest BCUT2D eigenvalue weighted by Crippen LogP contribution is -2.22. The summed E-state index contributed by atoms with van der Waals surface area (Å²) in [4.78, 5) is 24.2. The van der Waals surface area contributed by atoms with Gasteiger partial charge < -0.3 is 14.8 Å². The van der Waals surface area contributed by atoms with Gasteiger partial charge in [-0.2, -0.15) is 0 Å². The number of ether oxygens (including phenoxy) is 2. The van der Waals surface area contributed by atoms with Crippen molar-refractivity contribution in [3.63, 3.8) is 0 Å². The molecule has 0 heterocycles. The van der Waals surface area contributed by atoms with Crippen LogP contribution in [-0.4, -0.2) is 25.1 Å². The molecule has 1 N–H and O–H groups in total. The molecule has 2 aromatic carbocycles. The van der Waals surface area contributed by atoms with E-state index in [4.69, 9.17) is 9.47 Å². The zero-order valence-electron chi connectivity index (χ0n) is 18.0. The topological polar surface area (TPSA) is 64.6 Å². The van der Waals surface area contributed by atoms with Crippen LogP contribution in [0.1, 0.15) is 62.0 Å². The zero-order chi connectivity index (χ0) is 21.4. The van der Waals surface area contributed by atoms with E-state index < -0.39 is 0 Å². The summed E-state index contributed by atoms with van der Waals surface area (Å²) in [7, 11) is 0. The molecule has 2 rings (SSSR count). The number of hydrogen-bond donors (Lipinski definition) is 1. The third kappa shape index (κ3) is 6.93. The lowest BCUT2D eigenvalue weighted by atomic mass is 9.86. The Morgan fingerprint density at radius 2 is 1.72 bits per heavy atom. The molecule has 0 spiro atoms. The maximum Gasteiger partial charge on any atom is 0.338 e. The van der Waals surface area contributed by atoms with Crippen molar-refractivity contribution in [3.8, 4) is 5.75 Å². The Hall–Kier alpha value is -2.82. The molecule has 5 heteroatoms. The first-order chi connectivity index (χ1) is 13.7. The fourth-order valence-electron chi connectivity index (χ4n) is 2.79. The maximum absolute atomic E-state index is 12.3. The van der Waals surface area contributed by atoms with Crippen LogP contribution in [0.25, 0.3) is 0 Å². The average molecular weight is 398 g/mol. The predicted octanol–water partition coefficient (Wildman–Crippen LogP) is 5.27. The number of carbonyl (C=O) groups excluding carboxylic acids is 2. The molecule has 0 aliphatic rings. The largest absolute Gasteiger partial charge is 0.483 e. The summed E-state index contributed by atoms with van der Waals surface area (Å²) in [5.74, 6) is 0.108. The van der Waals surface area contributed by atoms with E-state index in [2.05, 4.69) is 26.1 Å². The highest BCUT2D eigenvalue weighted by Crippen LogP contribution is 2.32. The lowest BCUT2D eigenvalue weighted by molar-refractivity contribution is -0.118. The molecule has 0 unspecified atom stereocenters. The average Bonchev–Trinajstić information content (AvgIpc) is 2.66. The van der Waals surface area contributed by atoms with E-state index >= 15 is 0 Å². The third-order valence-electron chi connectivity index (χ3n) is 4.44. The summed E-state index contributed by atoms with van der Waals surface area (Å²) in [5, 5.41) is 2.79. The Bertz CT molecular complexity index is 835. The zero-order valence-corrected chi connectivity index (χ0v) is 18.0. The van der Waals surface area contributed by atoms with Crippen molar-refractivity contribution >= 4 is 17.6 Å². The van der Waals surface area contributed by atoms with E-state index in [1.807, 2.05) is 32.0 Å². The number of nitrogens with one attached hydrogen (secondary N) is 1. The van der Waals surface area contributed by atoms with Crippen LogP contribution >= 0.6 is 0 Å². The van der Waals surface area contributed by atoms with E-state index in [0.29, 0.717) is 17.9 Å². The minimum Gasteiger partial charge on any atom is -0.483 e. The second-order valence-electron chi connectivity index (χ2n) is 8.15. The standard InChI is InChI=1S/C24H31NO4/c1-6-7-14-28-23(27)18-9-11-19(12-10-18)25-22(26)16-29-21-15-17(2)8-13-20(21)24(3,4)5/h8-13,15H,6-7,14,16H2,1-5H3,(H,25,26). The fraction of sp³-hybridized carbons (Fsp3) is 0.417. The first kappa shape index (κ1) is 22.5. The number of benzene rings is 2. The molecule has 0 radical (unpaired) electrons. The quantitative estimate of drug-likeness (QED) is 0.487. The van der Waals surface area contributed by atoms with Crippen molar-refractivity contribution in [2.75, 3.05) is 18.5 Å². The van der Waals surface area contributed by atoms with Crippen LogP contribution in [0.15, 0.2) is 42.5 Å². The molecule has 0 aliphatic heterocycles. The van der Waals surface area contributed by atoms with Gasteiger partial charge in [0.2, 0.25) is 0 Å². The second-order valence-corrected chi connectivity index (χ2v) is 8.15. The Balaban J connectivity index is 1.93. The molecule has 5 nitrogen and oxygen atoms in total. The molecule has 156 valence electrons. The molecule has 2 aromatic rings. The Morgan fingerprint density at radius 3 is 2.34 bits per heavy atom. The van der Waals surface area contributed by atoms with E-state index in [9.17, 15) is 9.59 Å². The number of aryl methyl sites for hydroxylation is 1. The maximum atomic E-state index is 12.3. The van der Waals surface area contributed by atoms with Gasteiger partial charge >= 0.3 is 5.97 Å². The second kappa shape index (κ2) is 10.1. The van der Waals surface area contributed by atoms with Gasteiger partial charge in [0.25, 0.3) is 5.91 Å². The smallest absolute Gasteiger partial charge is 0.338 e. The molecule has 29 heavy (non-hydrogen) atoms. The van der Waals surface area contributed by atoms with E-state index in [-0.39, 0.29) is 23.9 Å². The van der Waals surface area contributed by atoms with Crippen LogP contribution in [0.4, 0.5) is 5.69 Å². The molecule has 0 aromatic heterocycles. The monoisotopic (exact) mass is 397 g/mol. The number of anilines is 1. The molecule has 0 aliphatic carbocycles. The normalized spacial score (nSPS) is 11.1. The van der Waals surface area contributed by atoms with Crippen LogP contribution in [-0.2, 0) is 14.9 Å². The molecular weight excluding hydrogens is 366 g/mol. The van der Waals surface area contributed by atoms with Gasteiger partial charge in [-0.05, 0) is 60.2 Å². The SMILES string of the molecule is CCCCOC(=O)c1ccc(NC(=O)COc2cc(C)ccc2C(C)(C)C)cc1. The highest BCUT2D eigenvalue weighted by molar-refractivity contribution is 5.93. The van der Waals surface area contributed by atoms with Gasteiger partial charge in [-0.25, -0.2) is 4.79 Å². The Kier molecular flexibility index (Phi) is 7.82. The summed E-state index contributed by atoms with van der Waals surface area (Å²) in [6.07, 6.45) is 1.82. The van der Waals surface area contributed by atoms with Crippen LogP contribution in [0.2, 0.25) is 0 Å². The molecule has 0 fully saturated rings. The third-order valence-corrected chi connectivity index (χ3v) is 4.44. The van der Waals surface area contributed by atoms with Gasteiger partial charge in [0.1, 0.15) is 5.75 Å². The summed E-state index contributed by atoms with van der Waals surface area (Å²) >= 11 is 0. The van der Waals surface area contributed by atoms with Gasteiger partial charge in [0.05, 0.1) is 12.2 Å². The number of carbonyl (C=O) groups is 2. The summed E-state index contributed by atoms with van der Waals surface area (Å²) < 4.78 is 11.0. The Morgan fingerprint density at radius 1 is 1.03 bits per heavy atom. The highest BCUT2D eigenvalue weighted by Gasteiger charge is 2.19. The lowest BCUT2D eigenvalue weighted by Gasteiger charge is -2.23. The van der Waals surface area contributed by atoms with Crippen LogP contribution in [0, 0.1) is 6.92 Å². The van der Waals surface area contributed by atoms with Gasteiger partial charge in [-0.15, -0.1) is 0 Å². The van der Waals surface area contributed by atoms with E-state index in [1.165, 1.54) is 0 Å². The molecule has 0 atom stereocenters. The summed E-state index contributed by atoms with van der Waals surface area (Å²) in [5.41, 5.74) is 3.12. The number of esters is 1. The van der Waals surface area contributed by atoms with Gasteiger partial charge in [-0.1, -0.05) is 46.2 Å². The minimum atomic E-state index is -0.353. The van der Waals surface area contributed by atoms with Crippen LogP contribution in [0.5, 0.6) is 5.75 Å². The predicted molar refractivity (Wildman–Crippen MR) is 116 cm³/mol. The van der Waals surface area contributed by atoms with Gasteiger partial charge in [0.15, 0.2) is 6.61 Å². The van der Waals surface area contributed by atoms with Crippen molar-refractivity contribution in [1.29, 1.82) is 0 Å². The molecule has 0 saturated heterocycles. The fourth-order valence-corrected chi connectivity index (χ4v) is 2.79. The number of amides is 1. The van der Waals surface area contributed by atoms with E-state index in [0.717, 1.165) is 29.7 Å². The first-order valence-corrected chi connectivity index (χ1v) is 10.0. The number of rotatable bonds is 8. The Labute approximate surface area is 173 Å². The molecule has 0 saturated carbocycles. The van der Waals surface area contributed by atoms with Crippen molar-refractivity contribution in [1.82, 2.24) is 0 Å². The molecule has 0 bridgehead atoms. The van der Waals surface area contributed by atoms with Crippen LogP contribution in [0.3, 0.4) is 0 Å².